The number of pyridine rings is 1. The molecule has 3 heterocycles. The van der Waals surface area contributed by atoms with Gasteiger partial charge in [0.1, 0.15) is 17.6 Å². The van der Waals surface area contributed by atoms with Gasteiger partial charge in [-0.05, 0) is 36.2 Å². The molecule has 7 nitrogen and oxygen atoms in total. The van der Waals surface area contributed by atoms with Crippen LogP contribution in [0.2, 0.25) is 0 Å². The van der Waals surface area contributed by atoms with E-state index in [9.17, 15) is 9.18 Å². The smallest absolute Gasteiger partial charge is 0.268 e. The number of amides is 1. The normalized spacial score (nSPS) is 12.2. The largest absolute Gasteiger partial charge is 0.339 e. The Bertz CT molecular complexity index is 1480. The van der Waals surface area contributed by atoms with Crippen LogP contribution in [0.5, 0.6) is 0 Å². The van der Waals surface area contributed by atoms with Crippen molar-refractivity contribution in [3.8, 4) is 11.4 Å². The predicted molar refractivity (Wildman–Crippen MR) is 130 cm³/mol. The summed E-state index contributed by atoms with van der Waals surface area (Å²) in [6.07, 6.45) is 3.31. The highest BCUT2D eigenvalue weighted by Crippen LogP contribution is 2.26. The Kier molecular flexibility index (Phi) is 6.10. The first kappa shape index (κ1) is 22.5. The average Bonchev–Trinajstić information content (AvgIpc) is 3.50. The first-order valence-electron chi connectivity index (χ1n) is 11.4. The number of fused-ring (bicyclic) bond motifs is 1. The number of benzene rings is 2. The van der Waals surface area contributed by atoms with Gasteiger partial charge in [0.25, 0.3) is 5.91 Å². The van der Waals surface area contributed by atoms with Crippen molar-refractivity contribution in [2.24, 2.45) is 5.92 Å². The molecular weight excluding hydrogens is 445 g/mol. The van der Waals surface area contributed by atoms with Gasteiger partial charge in [-0.2, -0.15) is 4.98 Å². The Morgan fingerprint density at radius 3 is 2.57 bits per heavy atom. The molecule has 0 saturated carbocycles. The first-order valence-corrected chi connectivity index (χ1v) is 11.4. The van der Waals surface area contributed by atoms with Crippen LogP contribution < -0.4 is 5.32 Å². The minimum absolute atomic E-state index is 0.0194. The molecule has 1 unspecified atom stereocenters. The zero-order valence-corrected chi connectivity index (χ0v) is 19.4. The molecule has 1 amide bonds. The van der Waals surface area contributed by atoms with Crippen LogP contribution in [0.4, 0.5) is 4.39 Å². The number of rotatable bonds is 7. The van der Waals surface area contributed by atoms with Crippen molar-refractivity contribution >= 4 is 16.8 Å². The third kappa shape index (κ3) is 4.55. The van der Waals surface area contributed by atoms with Crippen molar-refractivity contribution in [3.63, 3.8) is 0 Å². The number of nitrogens with one attached hydrogen (secondary N) is 1. The quantitative estimate of drug-likeness (QED) is 0.345. The second kappa shape index (κ2) is 9.50. The summed E-state index contributed by atoms with van der Waals surface area (Å²) < 4.78 is 21.8. The van der Waals surface area contributed by atoms with Crippen LogP contribution >= 0.6 is 0 Å². The highest BCUT2D eigenvalue weighted by molar-refractivity contribution is 5.99. The van der Waals surface area contributed by atoms with E-state index in [0.717, 1.165) is 16.5 Å². The van der Waals surface area contributed by atoms with E-state index in [4.69, 9.17) is 4.52 Å². The van der Waals surface area contributed by atoms with Gasteiger partial charge in [-0.1, -0.05) is 55.4 Å². The van der Waals surface area contributed by atoms with E-state index in [-0.39, 0.29) is 24.2 Å². The monoisotopic (exact) mass is 469 g/mol. The third-order valence-electron chi connectivity index (χ3n) is 5.93. The van der Waals surface area contributed by atoms with Crippen molar-refractivity contribution in [2.45, 2.75) is 26.4 Å². The Labute approximate surface area is 201 Å². The maximum absolute atomic E-state index is 14.4. The standard InChI is InChI=1S/C27H24FN5O2/c1-17(2)24(27-31-25(32-35-27)18-11-13-29-14-12-18)30-26(34)23-15-19-7-4-6-10-22(19)33(23)16-20-8-3-5-9-21(20)28/h3-15,17,24H,16H2,1-2H3,(H,30,34). The SMILES string of the molecule is CC(C)C(NC(=O)c1cc2ccccc2n1Cc1ccccc1F)c1nc(-c2ccncc2)no1. The molecule has 0 radical (unpaired) electrons. The topological polar surface area (TPSA) is 85.8 Å². The second-order valence-electron chi connectivity index (χ2n) is 8.65. The fraction of sp³-hybridized carbons (Fsp3) is 0.185. The summed E-state index contributed by atoms with van der Waals surface area (Å²) in [7, 11) is 0. The lowest BCUT2D eigenvalue weighted by molar-refractivity contribution is 0.0905. The fourth-order valence-corrected chi connectivity index (χ4v) is 4.07. The van der Waals surface area contributed by atoms with E-state index in [1.807, 2.05) is 48.7 Å². The van der Waals surface area contributed by atoms with Crippen molar-refractivity contribution < 1.29 is 13.7 Å². The summed E-state index contributed by atoms with van der Waals surface area (Å²) in [6, 6.07) is 19.1. The van der Waals surface area contributed by atoms with Crippen molar-refractivity contribution in [2.75, 3.05) is 0 Å². The summed E-state index contributed by atoms with van der Waals surface area (Å²) in [5.41, 5.74) is 2.55. The predicted octanol–water partition coefficient (Wildman–Crippen LogP) is 5.40. The van der Waals surface area contributed by atoms with Gasteiger partial charge in [-0.15, -0.1) is 0 Å². The summed E-state index contributed by atoms with van der Waals surface area (Å²) in [6.45, 7) is 4.16. The fourth-order valence-electron chi connectivity index (χ4n) is 4.07. The second-order valence-corrected chi connectivity index (χ2v) is 8.65. The molecule has 176 valence electrons. The molecule has 3 aromatic heterocycles. The molecular formula is C27H24FN5O2. The lowest BCUT2D eigenvalue weighted by Crippen LogP contribution is -2.33. The minimum atomic E-state index is -0.509. The lowest BCUT2D eigenvalue weighted by Gasteiger charge is -2.19. The van der Waals surface area contributed by atoms with Gasteiger partial charge in [-0.3, -0.25) is 9.78 Å². The summed E-state index contributed by atoms with van der Waals surface area (Å²) >= 11 is 0. The van der Waals surface area contributed by atoms with E-state index in [0.29, 0.717) is 23.0 Å². The number of nitrogens with zero attached hydrogens (tertiary/aromatic N) is 4. The van der Waals surface area contributed by atoms with Crippen LogP contribution in [-0.4, -0.2) is 25.6 Å². The van der Waals surface area contributed by atoms with Crippen molar-refractivity contribution in [1.82, 2.24) is 25.0 Å². The Morgan fingerprint density at radius 1 is 1.06 bits per heavy atom. The van der Waals surface area contributed by atoms with Gasteiger partial charge in [0.05, 0.1) is 6.54 Å². The molecule has 0 spiro atoms. The molecule has 5 rings (SSSR count). The number of carbonyl (C=O) groups excluding carboxylic acids is 1. The summed E-state index contributed by atoms with van der Waals surface area (Å²) in [5, 5.41) is 8.03. The maximum atomic E-state index is 14.4. The highest BCUT2D eigenvalue weighted by Gasteiger charge is 2.27. The number of hydrogen-bond donors (Lipinski definition) is 1. The number of halogens is 1. The van der Waals surface area contributed by atoms with Crippen LogP contribution in [-0.2, 0) is 6.54 Å². The summed E-state index contributed by atoms with van der Waals surface area (Å²) in [4.78, 5) is 22.1. The summed E-state index contributed by atoms with van der Waals surface area (Å²) in [5.74, 6) is 0.105. The molecule has 8 heteroatoms. The van der Waals surface area contributed by atoms with E-state index < -0.39 is 6.04 Å². The van der Waals surface area contributed by atoms with Gasteiger partial charge >= 0.3 is 0 Å². The Morgan fingerprint density at radius 2 is 1.80 bits per heavy atom. The minimum Gasteiger partial charge on any atom is -0.339 e. The molecule has 0 bridgehead atoms. The van der Waals surface area contributed by atoms with Crippen molar-refractivity contribution in [1.29, 1.82) is 0 Å². The van der Waals surface area contributed by atoms with Crippen LogP contribution in [0.3, 0.4) is 0 Å². The maximum Gasteiger partial charge on any atom is 0.268 e. The van der Waals surface area contributed by atoms with Gasteiger partial charge in [0.15, 0.2) is 0 Å². The average molecular weight is 470 g/mol. The molecule has 1 N–H and O–H groups in total. The van der Waals surface area contributed by atoms with Gasteiger partial charge in [0, 0.05) is 34.4 Å². The number of carbonyl (C=O) groups is 1. The van der Waals surface area contributed by atoms with Crippen LogP contribution in [0.15, 0.2) is 83.6 Å². The third-order valence-corrected chi connectivity index (χ3v) is 5.93. The van der Waals surface area contributed by atoms with E-state index in [1.165, 1.54) is 6.07 Å². The molecule has 0 aliphatic heterocycles. The van der Waals surface area contributed by atoms with E-state index >= 15 is 0 Å². The molecule has 5 aromatic rings. The van der Waals surface area contributed by atoms with Crippen LogP contribution in [0.1, 0.15) is 41.8 Å². The Hall–Kier alpha value is -4.33. The van der Waals surface area contributed by atoms with Gasteiger partial charge < -0.3 is 14.4 Å². The van der Waals surface area contributed by atoms with Gasteiger partial charge in [-0.25, -0.2) is 4.39 Å². The zero-order valence-electron chi connectivity index (χ0n) is 19.4. The number of aromatic nitrogens is 4. The molecule has 35 heavy (non-hydrogen) atoms. The number of hydrogen-bond acceptors (Lipinski definition) is 5. The number of para-hydroxylation sites is 1. The van der Waals surface area contributed by atoms with E-state index in [2.05, 4.69) is 20.4 Å². The molecule has 2 aromatic carbocycles. The molecule has 0 aliphatic carbocycles. The lowest BCUT2D eigenvalue weighted by atomic mass is 10.0. The molecule has 0 aliphatic rings. The highest BCUT2D eigenvalue weighted by atomic mass is 19.1. The molecule has 0 saturated heterocycles. The molecule has 0 fully saturated rings. The Balaban J connectivity index is 1.48. The van der Waals surface area contributed by atoms with E-state index in [1.54, 1.807) is 42.7 Å². The van der Waals surface area contributed by atoms with Crippen LogP contribution in [0.25, 0.3) is 22.3 Å². The molecule has 1 atom stereocenters. The first-order chi connectivity index (χ1) is 17.0. The van der Waals surface area contributed by atoms with Gasteiger partial charge in [0.2, 0.25) is 11.7 Å². The van der Waals surface area contributed by atoms with Crippen molar-refractivity contribution in [3.05, 3.63) is 102 Å². The van der Waals surface area contributed by atoms with Crippen LogP contribution in [0, 0.1) is 11.7 Å². The zero-order chi connectivity index (χ0) is 24.4.